The van der Waals surface area contributed by atoms with Gasteiger partial charge in [0.1, 0.15) is 0 Å². The van der Waals surface area contributed by atoms with Crippen LogP contribution in [0.3, 0.4) is 0 Å². The van der Waals surface area contributed by atoms with Crippen molar-refractivity contribution in [2.75, 3.05) is 13.6 Å². The molecule has 2 atom stereocenters. The molecule has 0 saturated carbocycles. The molecule has 2 aliphatic rings. The lowest BCUT2D eigenvalue weighted by Gasteiger charge is -2.31. The maximum Gasteiger partial charge on any atom is 0.0451 e. The third kappa shape index (κ3) is 1.10. The molecule has 0 bridgehead atoms. The van der Waals surface area contributed by atoms with Crippen molar-refractivity contribution in [3.05, 3.63) is 29.6 Å². The van der Waals surface area contributed by atoms with E-state index in [1.165, 1.54) is 37.1 Å². The summed E-state index contributed by atoms with van der Waals surface area (Å²) in [5.41, 5.74) is 2.83. The summed E-state index contributed by atoms with van der Waals surface area (Å²) in [6, 6.07) is 5.00. The van der Waals surface area contributed by atoms with Gasteiger partial charge in [0.05, 0.1) is 0 Å². The quantitative estimate of drug-likeness (QED) is 0.619. The zero-order chi connectivity index (χ0) is 9.54. The maximum atomic E-state index is 4.49. The first-order valence-corrected chi connectivity index (χ1v) is 5.50. The van der Waals surface area contributed by atoms with Crippen LogP contribution in [0.2, 0.25) is 0 Å². The van der Waals surface area contributed by atoms with Gasteiger partial charge in [-0.15, -0.1) is 0 Å². The Morgan fingerprint density at radius 1 is 1.43 bits per heavy atom. The number of hydrogen-bond donors (Lipinski definition) is 0. The highest BCUT2D eigenvalue weighted by molar-refractivity contribution is 5.28. The SMILES string of the molecule is CN1CC[C@H]2CCc3ncccc3[C@H]21. The Labute approximate surface area is 85.0 Å². The van der Waals surface area contributed by atoms with Gasteiger partial charge in [0, 0.05) is 17.9 Å². The first kappa shape index (κ1) is 8.42. The molecule has 3 rings (SSSR count). The van der Waals surface area contributed by atoms with Gasteiger partial charge in [0.15, 0.2) is 0 Å². The molecule has 1 fully saturated rings. The van der Waals surface area contributed by atoms with Crippen LogP contribution in [0, 0.1) is 5.92 Å². The van der Waals surface area contributed by atoms with Gasteiger partial charge in [0.2, 0.25) is 0 Å². The number of fused-ring (bicyclic) bond motifs is 3. The van der Waals surface area contributed by atoms with Gasteiger partial charge in [-0.3, -0.25) is 9.88 Å². The Hall–Kier alpha value is -0.890. The highest BCUT2D eigenvalue weighted by atomic mass is 15.2. The largest absolute Gasteiger partial charge is 0.299 e. The van der Waals surface area contributed by atoms with E-state index in [2.05, 4.69) is 29.1 Å². The van der Waals surface area contributed by atoms with Gasteiger partial charge in [0.25, 0.3) is 0 Å². The molecule has 0 N–H and O–H groups in total. The van der Waals surface area contributed by atoms with E-state index in [0.29, 0.717) is 6.04 Å². The number of hydrogen-bond acceptors (Lipinski definition) is 2. The molecular formula is C12H16N2. The van der Waals surface area contributed by atoms with Gasteiger partial charge >= 0.3 is 0 Å². The van der Waals surface area contributed by atoms with Crippen molar-refractivity contribution < 1.29 is 0 Å². The summed E-state index contributed by atoms with van der Waals surface area (Å²) in [5.74, 6) is 0.886. The van der Waals surface area contributed by atoms with Crippen molar-refractivity contribution >= 4 is 0 Å². The Kier molecular flexibility index (Phi) is 1.84. The molecular weight excluding hydrogens is 172 g/mol. The average molecular weight is 188 g/mol. The summed E-state index contributed by atoms with van der Waals surface area (Å²) in [4.78, 5) is 6.98. The minimum Gasteiger partial charge on any atom is -0.299 e. The first-order valence-electron chi connectivity index (χ1n) is 5.50. The predicted molar refractivity (Wildman–Crippen MR) is 56.0 cm³/mol. The molecule has 14 heavy (non-hydrogen) atoms. The number of likely N-dealkylation sites (tertiary alicyclic amines) is 1. The van der Waals surface area contributed by atoms with Crippen LogP contribution in [-0.2, 0) is 6.42 Å². The highest BCUT2D eigenvalue weighted by Gasteiger charge is 2.37. The molecule has 1 aliphatic heterocycles. The van der Waals surface area contributed by atoms with E-state index in [1.54, 1.807) is 0 Å². The topological polar surface area (TPSA) is 16.1 Å². The van der Waals surface area contributed by atoms with Crippen LogP contribution >= 0.6 is 0 Å². The number of aryl methyl sites for hydroxylation is 1. The van der Waals surface area contributed by atoms with Crippen LogP contribution in [0.25, 0.3) is 0 Å². The monoisotopic (exact) mass is 188 g/mol. The molecule has 1 aromatic heterocycles. The normalized spacial score (nSPS) is 31.2. The van der Waals surface area contributed by atoms with Crippen LogP contribution in [0.15, 0.2) is 18.3 Å². The van der Waals surface area contributed by atoms with Gasteiger partial charge < -0.3 is 0 Å². The van der Waals surface area contributed by atoms with Crippen molar-refractivity contribution in [2.45, 2.75) is 25.3 Å². The van der Waals surface area contributed by atoms with E-state index in [1.807, 2.05) is 6.20 Å². The third-order valence-corrected chi connectivity index (χ3v) is 3.77. The first-order chi connectivity index (χ1) is 6.86. The van der Waals surface area contributed by atoms with Crippen LogP contribution in [0.4, 0.5) is 0 Å². The van der Waals surface area contributed by atoms with E-state index in [4.69, 9.17) is 0 Å². The zero-order valence-electron chi connectivity index (χ0n) is 8.61. The fourth-order valence-electron chi connectivity index (χ4n) is 3.07. The summed E-state index contributed by atoms with van der Waals surface area (Å²) in [7, 11) is 2.24. The standard InChI is InChI=1S/C12H16N2/c1-14-8-6-9-4-5-11-10(12(9)14)3-2-7-13-11/h2-3,7,9,12H,4-6,8H2,1H3/t9-,12+/m1/s1. The Morgan fingerprint density at radius 2 is 2.36 bits per heavy atom. The fourth-order valence-corrected chi connectivity index (χ4v) is 3.07. The van der Waals surface area contributed by atoms with Gasteiger partial charge in [-0.1, -0.05) is 6.07 Å². The summed E-state index contributed by atoms with van der Waals surface area (Å²) in [5, 5.41) is 0. The second kappa shape index (κ2) is 3.06. The minimum absolute atomic E-state index is 0.660. The molecule has 2 heteroatoms. The molecule has 74 valence electrons. The van der Waals surface area contributed by atoms with Crippen molar-refractivity contribution in [1.82, 2.24) is 9.88 Å². The van der Waals surface area contributed by atoms with E-state index >= 15 is 0 Å². The maximum absolute atomic E-state index is 4.49. The lowest BCUT2D eigenvalue weighted by Crippen LogP contribution is -2.26. The van der Waals surface area contributed by atoms with Crippen LogP contribution < -0.4 is 0 Å². The van der Waals surface area contributed by atoms with Gasteiger partial charge in [-0.05, 0) is 50.4 Å². The highest BCUT2D eigenvalue weighted by Crippen LogP contribution is 2.43. The molecule has 0 spiro atoms. The summed E-state index contributed by atoms with van der Waals surface area (Å²) in [6.07, 6.45) is 5.81. The van der Waals surface area contributed by atoms with Crippen LogP contribution in [-0.4, -0.2) is 23.5 Å². The second-order valence-corrected chi connectivity index (χ2v) is 4.55. The van der Waals surface area contributed by atoms with Crippen molar-refractivity contribution in [1.29, 1.82) is 0 Å². The van der Waals surface area contributed by atoms with Crippen molar-refractivity contribution in [3.63, 3.8) is 0 Å². The third-order valence-electron chi connectivity index (χ3n) is 3.77. The molecule has 1 aliphatic carbocycles. The van der Waals surface area contributed by atoms with E-state index in [9.17, 15) is 0 Å². The van der Waals surface area contributed by atoms with E-state index in [0.717, 1.165) is 5.92 Å². The second-order valence-electron chi connectivity index (χ2n) is 4.55. The summed E-state index contributed by atoms with van der Waals surface area (Å²) in [6.45, 7) is 1.25. The Morgan fingerprint density at radius 3 is 3.29 bits per heavy atom. The molecule has 1 saturated heterocycles. The van der Waals surface area contributed by atoms with Gasteiger partial charge in [-0.2, -0.15) is 0 Å². The smallest absolute Gasteiger partial charge is 0.0451 e. The van der Waals surface area contributed by atoms with Crippen LogP contribution in [0.1, 0.15) is 30.1 Å². The summed E-state index contributed by atoms with van der Waals surface area (Å²) >= 11 is 0. The molecule has 0 aromatic carbocycles. The lowest BCUT2D eigenvalue weighted by atomic mass is 9.83. The number of aromatic nitrogens is 1. The van der Waals surface area contributed by atoms with Gasteiger partial charge in [-0.25, -0.2) is 0 Å². The molecule has 1 aromatic rings. The van der Waals surface area contributed by atoms with E-state index in [-0.39, 0.29) is 0 Å². The van der Waals surface area contributed by atoms with E-state index < -0.39 is 0 Å². The average Bonchev–Trinajstić information content (AvgIpc) is 2.61. The zero-order valence-corrected chi connectivity index (χ0v) is 8.61. The Bertz CT molecular complexity index is 348. The summed E-state index contributed by atoms with van der Waals surface area (Å²) < 4.78 is 0. The molecule has 0 amide bonds. The van der Waals surface area contributed by atoms with Crippen molar-refractivity contribution in [3.8, 4) is 0 Å². The Balaban J connectivity index is 2.07. The molecule has 2 nitrogen and oxygen atoms in total. The number of pyridine rings is 1. The molecule has 0 unspecified atom stereocenters. The molecule has 2 heterocycles. The fraction of sp³-hybridized carbons (Fsp3) is 0.583. The van der Waals surface area contributed by atoms with Crippen molar-refractivity contribution in [2.24, 2.45) is 5.92 Å². The number of rotatable bonds is 0. The lowest BCUT2D eigenvalue weighted by molar-refractivity contribution is 0.255. The predicted octanol–water partition coefficient (Wildman–Crippen LogP) is 2.02. The number of nitrogens with zero attached hydrogens (tertiary/aromatic N) is 2. The molecule has 0 radical (unpaired) electrons. The van der Waals surface area contributed by atoms with Crippen LogP contribution in [0.5, 0.6) is 0 Å². The minimum atomic E-state index is 0.660.